The number of benzene rings is 1. The van der Waals surface area contributed by atoms with Crippen molar-refractivity contribution in [2.24, 2.45) is 0 Å². The van der Waals surface area contributed by atoms with E-state index >= 15 is 0 Å². The van der Waals surface area contributed by atoms with Crippen molar-refractivity contribution in [3.8, 4) is 17.3 Å². The van der Waals surface area contributed by atoms with Gasteiger partial charge >= 0.3 is 6.03 Å². The lowest BCUT2D eigenvalue weighted by Crippen LogP contribution is -2.44. The van der Waals surface area contributed by atoms with Crippen molar-refractivity contribution in [1.29, 1.82) is 5.26 Å². The van der Waals surface area contributed by atoms with Gasteiger partial charge in [-0.3, -0.25) is 4.98 Å². The quantitative estimate of drug-likeness (QED) is 0.730. The monoisotopic (exact) mass is 387 g/mol. The number of thiazole rings is 1. The first-order valence-electron chi connectivity index (χ1n) is 8.70. The molecule has 2 amide bonds. The third-order valence-corrected chi connectivity index (χ3v) is 5.69. The Bertz CT molecular complexity index is 1100. The first kappa shape index (κ1) is 17.9. The van der Waals surface area contributed by atoms with Gasteiger partial charge < -0.3 is 10.2 Å². The molecule has 1 aliphatic rings. The maximum Gasteiger partial charge on any atom is 0.322 e. The van der Waals surface area contributed by atoms with Gasteiger partial charge in [0.25, 0.3) is 0 Å². The number of pyridine rings is 1. The highest BCUT2D eigenvalue weighted by Gasteiger charge is 2.32. The van der Waals surface area contributed by atoms with Gasteiger partial charge in [-0.05, 0) is 30.7 Å². The first-order chi connectivity index (χ1) is 13.6. The second kappa shape index (κ2) is 7.25. The van der Waals surface area contributed by atoms with Crippen molar-refractivity contribution in [1.82, 2.24) is 20.2 Å². The van der Waals surface area contributed by atoms with Gasteiger partial charge in [0.1, 0.15) is 5.01 Å². The zero-order valence-corrected chi connectivity index (χ0v) is 16.2. The third kappa shape index (κ3) is 3.15. The summed E-state index contributed by atoms with van der Waals surface area (Å²) in [4.78, 5) is 23.0. The summed E-state index contributed by atoms with van der Waals surface area (Å²) in [6, 6.07) is 12.8. The fraction of sp³-hybridized carbons (Fsp3) is 0.143. The zero-order chi connectivity index (χ0) is 19.7. The Morgan fingerprint density at radius 1 is 1.25 bits per heavy atom. The van der Waals surface area contributed by atoms with Crippen LogP contribution in [0.2, 0.25) is 0 Å². The summed E-state index contributed by atoms with van der Waals surface area (Å²) >= 11 is 1.53. The lowest BCUT2D eigenvalue weighted by molar-refractivity contribution is 0.214. The summed E-state index contributed by atoms with van der Waals surface area (Å²) in [5.74, 6) is 0. The smallest absolute Gasteiger partial charge is 0.322 e. The number of nitrogens with zero attached hydrogens (tertiary/aromatic N) is 4. The van der Waals surface area contributed by atoms with Gasteiger partial charge in [0.05, 0.1) is 23.4 Å². The van der Waals surface area contributed by atoms with E-state index in [0.29, 0.717) is 5.56 Å². The van der Waals surface area contributed by atoms with Gasteiger partial charge in [-0.2, -0.15) is 5.26 Å². The molecule has 0 saturated carbocycles. The van der Waals surface area contributed by atoms with Crippen LogP contribution in [0.3, 0.4) is 0 Å². The van der Waals surface area contributed by atoms with Crippen LogP contribution in [-0.2, 0) is 0 Å². The number of nitrogens with one attached hydrogen (secondary N) is 1. The number of carbonyl (C=O) groups is 1. The molecule has 1 N–H and O–H groups in total. The number of hydrogen-bond donors (Lipinski definition) is 1. The molecule has 1 unspecified atom stereocenters. The molecule has 0 bridgehead atoms. The molecule has 6 nitrogen and oxygen atoms in total. The lowest BCUT2D eigenvalue weighted by atomic mass is 9.96. The predicted octanol–water partition coefficient (Wildman–Crippen LogP) is 4.20. The number of amides is 2. The molecular formula is C21H17N5OS. The highest BCUT2D eigenvalue weighted by molar-refractivity contribution is 7.11. The Morgan fingerprint density at radius 3 is 2.71 bits per heavy atom. The fourth-order valence-electron chi connectivity index (χ4n) is 3.15. The van der Waals surface area contributed by atoms with E-state index < -0.39 is 0 Å². The minimum Gasteiger partial charge on any atom is -0.327 e. The molecule has 0 saturated heterocycles. The van der Waals surface area contributed by atoms with Crippen LogP contribution in [0.1, 0.15) is 29.1 Å². The standard InChI is InChI=1S/C21H17N5OS/c1-13-18(19(25-21(27)26(13)2)16-4-3-9-23-11-16)20-24-17(12-28-20)15-7-5-14(10-22)6-8-15/h3-9,11-12,19H,1-2H3,(H,25,27). The van der Waals surface area contributed by atoms with E-state index in [1.54, 1.807) is 36.5 Å². The number of carbonyl (C=O) groups excluding carboxylic acids is 1. The Hall–Kier alpha value is -3.50. The van der Waals surface area contributed by atoms with Gasteiger partial charge in [0.15, 0.2) is 0 Å². The highest BCUT2D eigenvalue weighted by atomic mass is 32.1. The lowest BCUT2D eigenvalue weighted by Gasteiger charge is -2.33. The van der Waals surface area contributed by atoms with E-state index in [9.17, 15) is 4.79 Å². The Kier molecular flexibility index (Phi) is 4.63. The third-order valence-electron chi connectivity index (χ3n) is 4.82. The summed E-state index contributed by atoms with van der Waals surface area (Å²) in [5, 5.41) is 14.9. The molecule has 0 radical (unpaired) electrons. The summed E-state index contributed by atoms with van der Waals surface area (Å²) < 4.78 is 0. The summed E-state index contributed by atoms with van der Waals surface area (Å²) in [6.45, 7) is 1.93. The second-order valence-corrected chi connectivity index (χ2v) is 7.31. The molecule has 1 atom stereocenters. The maximum atomic E-state index is 12.4. The molecule has 0 fully saturated rings. The number of rotatable bonds is 3. The van der Waals surface area contributed by atoms with Crippen LogP contribution < -0.4 is 5.32 Å². The van der Waals surface area contributed by atoms with Gasteiger partial charge in [0.2, 0.25) is 0 Å². The van der Waals surface area contributed by atoms with Crippen molar-refractivity contribution in [3.05, 3.63) is 76.0 Å². The molecule has 1 aromatic carbocycles. The van der Waals surface area contributed by atoms with Crippen molar-refractivity contribution < 1.29 is 4.79 Å². The maximum absolute atomic E-state index is 12.4. The van der Waals surface area contributed by atoms with Crippen LogP contribution in [-0.4, -0.2) is 27.9 Å². The molecule has 0 spiro atoms. The number of nitriles is 1. The number of aromatic nitrogens is 2. The van der Waals surface area contributed by atoms with Gasteiger partial charge in [-0.15, -0.1) is 11.3 Å². The molecule has 0 aliphatic carbocycles. The second-order valence-electron chi connectivity index (χ2n) is 6.45. The minimum absolute atomic E-state index is 0.154. The van der Waals surface area contributed by atoms with E-state index in [0.717, 1.165) is 33.1 Å². The van der Waals surface area contributed by atoms with E-state index in [2.05, 4.69) is 16.4 Å². The number of hydrogen-bond acceptors (Lipinski definition) is 5. The van der Waals surface area contributed by atoms with Crippen LogP contribution in [0, 0.1) is 11.3 Å². The van der Waals surface area contributed by atoms with Gasteiger partial charge in [0, 0.05) is 41.7 Å². The Balaban J connectivity index is 1.77. The SMILES string of the molecule is CC1=C(c2nc(-c3ccc(C#N)cc3)cs2)C(c2cccnc2)NC(=O)N1C. The van der Waals surface area contributed by atoms with E-state index in [1.807, 2.05) is 36.6 Å². The molecular weight excluding hydrogens is 370 g/mol. The predicted molar refractivity (Wildman–Crippen MR) is 108 cm³/mol. The van der Waals surface area contributed by atoms with Crippen LogP contribution in [0.25, 0.3) is 16.8 Å². The summed E-state index contributed by atoms with van der Waals surface area (Å²) in [6.07, 6.45) is 3.47. The van der Waals surface area contributed by atoms with Crippen molar-refractivity contribution in [2.45, 2.75) is 13.0 Å². The van der Waals surface area contributed by atoms with E-state index in [-0.39, 0.29) is 12.1 Å². The zero-order valence-electron chi connectivity index (χ0n) is 15.4. The molecule has 2 aromatic heterocycles. The van der Waals surface area contributed by atoms with Crippen LogP contribution in [0.4, 0.5) is 4.79 Å². The molecule has 28 heavy (non-hydrogen) atoms. The van der Waals surface area contributed by atoms with Crippen LogP contribution in [0.15, 0.2) is 59.9 Å². The van der Waals surface area contributed by atoms with Crippen molar-refractivity contribution >= 4 is 22.9 Å². The van der Waals surface area contributed by atoms with Crippen molar-refractivity contribution in [3.63, 3.8) is 0 Å². The van der Waals surface area contributed by atoms with E-state index in [4.69, 9.17) is 10.2 Å². The summed E-state index contributed by atoms with van der Waals surface area (Å²) in [7, 11) is 1.75. The molecule has 1 aliphatic heterocycles. The summed E-state index contributed by atoms with van der Waals surface area (Å²) in [5.41, 5.74) is 5.14. The molecule has 4 rings (SSSR count). The average molecular weight is 387 g/mol. The number of allylic oxidation sites excluding steroid dienone is 1. The van der Waals surface area contributed by atoms with Crippen molar-refractivity contribution in [2.75, 3.05) is 7.05 Å². The Labute approximate surface area is 166 Å². The molecule has 3 aromatic rings. The molecule has 138 valence electrons. The Morgan fingerprint density at radius 2 is 2.04 bits per heavy atom. The number of urea groups is 1. The van der Waals surface area contributed by atoms with Crippen LogP contribution in [0.5, 0.6) is 0 Å². The van der Waals surface area contributed by atoms with Gasteiger partial charge in [-0.1, -0.05) is 18.2 Å². The minimum atomic E-state index is -0.308. The topological polar surface area (TPSA) is 81.9 Å². The fourth-order valence-corrected chi connectivity index (χ4v) is 4.11. The molecule has 7 heteroatoms. The molecule has 3 heterocycles. The average Bonchev–Trinajstić information content (AvgIpc) is 3.22. The largest absolute Gasteiger partial charge is 0.327 e. The highest BCUT2D eigenvalue weighted by Crippen LogP contribution is 2.39. The van der Waals surface area contributed by atoms with E-state index in [1.165, 1.54) is 11.3 Å². The first-order valence-corrected chi connectivity index (χ1v) is 9.58. The van der Waals surface area contributed by atoms with Gasteiger partial charge in [-0.25, -0.2) is 9.78 Å². The van der Waals surface area contributed by atoms with Crippen LogP contribution >= 0.6 is 11.3 Å². The normalized spacial score (nSPS) is 16.7.